The van der Waals surface area contributed by atoms with E-state index in [4.69, 9.17) is 0 Å². The van der Waals surface area contributed by atoms with E-state index in [2.05, 4.69) is 52.0 Å². The minimum atomic E-state index is -4.53. The second-order valence-electron chi connectivity index (χ2n) is 31.2. The molecule has 0 unspecified atom stereocenters. The van der Waals surface area contributed by atoms with Gasteiger partial charge < -0.3 is 9.11 Å². The van der Waals surface area contributed by atoms with Crippen LogP contribution < -0.4 is 0 Å². The molecule has 0 spiro atoms. The van der Waals surface area contributed by atoms with E-state index in [0.717, 1.165) is 86.1 Å². The third-order valence-electron chi connectivity index (χ3n) is 22.1. The predicted molar refractivity (Wildman–Crippen MR) is 443 cm³/mol. The van der Waals surface area contributed by atoms with Crippen molar-refractivity contribution < 1.29 is 25.9 Å². The molecule has 0 aliphatic rings. The standard InChI is InChI=1S/2C46H80O3S.Ba/c2*1-3-5-7-9-11-13-15-17-19-21-23-25-27-29-31-33-36-42-40-41-43(46-44(42)38-35-39-45(46)50(47,48)49)37-34-32-30-28-26-24-22-20-18-16-14-12-10-8-6-4-2;/h2*35,38-41H,3-34,36-37H2,1-2H3,(H,47,48,49);/q;;+2/p-2. The van der Waals surface area contributed by atoms with E-state index in [1.54, 1.807) is 12.1 Å². The number of fused-ring (bicyclic) bond motifs is 2. The minimum Gasteiger partial charge on any atom is -0.744 e. The molecule has 0 amide bonds. The summed E-state index contributed by atoms with van der Waals surface area (Å²) in [4.78, 5) is -0.0642. The first kappa shape index (κ1) is 95.9. The average molecular weight is 1560 g/mol. The van der Waals surface area contributed by atoms with Crippen LogP contribution in [0.4, 0.5) is 0 Å². The molecule has 0 heterocycles. The Hall–Kier alpha value is -1.21. The van der Waals surface area contributed by atoms with Crippen LogP contribution in [0.3, 0.4) is 0 Å². The molecule has 0 fully saturated rings. The topological polar surface area (TPSA) is 114 Å². The molecule has 9 heteroatoms. The molecule has 0 saturated heterocycles. The summed E-state index contributed by atoms with van der Waals surface area (Å²) in [6.45, 7) is 9.14. The van der Waals surface area contributed by atoms with Gasteiger partial charge in [-0.2, -0.15) is 0 Å². The summed E-state index contributed by atoms with van der Waals surface area (Å²) in [6.07, 6.45) is 89.7. The quantitative estimate of drug-likeness (QED) is 0.0247. The van der Waals surface area contributed by atoms with E-state index in [0.29, 0.717) is 10.8 Å². The first-order valence-corrected chi connectivity index (χ1v) is 46.8. The average Bonchev–Trinajstić information content (AvgIpc) is 0.779. The molecule has 4 aromatic carbocycles. The van der Waals surface area contributed by atoms with E-state index in [-0.39, 0.29) is 58.7 Å². The van der Waals surface area contributed by atoms with E-state index in [9.17, 15) is 25.9 Å². The Morgan fingerprint density at radius 2 is 0.356 bits per heavy atom. The summed E-state index contributed by atoms with van der Waals surface area (Å²) in [7, 11) is -9.06. The fourth-order valence-corrected chi connectivity index (χ4v) is 17.2. The van der Waals surface area contributed by atoms with Gasteiger partial charge in [-0.3, -0.25) is 0 Å². The normalized spacial score (nSPS) is 11.9. The van der Waals surface area contributed by atoms with E-state index in [1.807, 2.05) is 12.1 Å². The molecule has 4 aromatic rings. The number of hydrogen-bond acceptors (Lipinski definition) is 6. The second kappa shape index (κ2) is 67.0. The van der Waals surface area contributed by atoms with Crippen LogP contribution in [0, 0.1) is 0 Å². The van der Waals surface area contributed by atoms with Gasteiger partial charge >= 0.3 is 48.9 Å². The summed E-state index contributed by atoms with van der Waals surface area (Å²) in [5.41, 5.74) is 4.42. The second-order valence-corrected chi connectivity index (χ2v) is 33.9. The van der Waals surface area contributed by atoms with Gasteiger partial charge in [0, 0.05) is 10.8 Å². The van der Waals surface area contributed by atoms with Gasteiger partial charge in [0.25, 0.3) is 0 Å². The Balaban J connectivity index is 0.000000680. The van der Waals surface area contributed by atoms with Crippen molar-refractivity contribution in [3.63, 3.8) is 0 Å². The van der Waals surface area contributed by atoms with Gasteiger partial charge in [0.05, 0.1) is 9.79 Å². The third kappa shape index (κ3) is 49.5. The first-order chi connectivity index (χ1) is 49.0. The largest absolute Gasteiger partial charge is 2.00 e. The predicted octanol–water partition coefficient (Wildman–Crippen LogP) is 30.3. The van der Waals surface area contributed by atoms with Crippen molar-refractivity contribution in [2.75, 3.05) is 0 Å². The van der Waals surface area contributed by atoms with E-state index < -0.39 is 20.2 Å². The fraction of sp³-hybridized carbons (Fsp3) is 0.783. The van der Waals surface area contributed by atoms with E-state index >= 15 is 0 Å². The zero-order valence-electron chi connectivity index (χ0n) is 66.8. The summed E-state index contributed by atoms with van der Waals surface area (Å²) in [5, 5.41) is 3.32. The number of unbranched alkanes of at least 4 members (excludes halogenated alkanes) is 60. The molecule has 0 aromatic heterocycles. The van der Waals surface area contributed by atoms with Crippen LogP contribution in [0.15, 0.2) is 70.5 Å². The van der Waals surface area contributed by atoms with E-state index in [1.165, 1.54) is 396 Å². The summed E-state index contributed by atoms with van der Waals surface area (Å²) >= 11 is 0. The third-order valence-corrected chi connectivity index (χ3v) is 23.9. The van der Waals surface area contributed by atoms with Crippen molar-refractivity contribution in [1.29, 1.82) is 0 Å². The molecule has 0 aliphatic carbocycles. The van der Waals surface area contributed by atoms with Gasteiger partial charge in [0.1, 0.15) is 20.2 Å². The monoisotopic (exact) mass is 1560 g/mol. The Kier molecular flexibility index (Phi) is 63.5. The first-order valence-electron chi connectivity index (χ1n) is 44.0. The molecule has 101 heavy (non-hydrogen) atoms. The number of hydrogen-bond donors (Lipinski definition) is 0. The maximum Gasteiger partial charge on any atom is 2.00 e. The summed E-state index contributed by atoms with van der Waals surface area (Å²) in [5.74, 6) is 0. The SMILES string of the molecule is CCCCCCCCCCCCCCCCCCc1ccc(CCCCCCCCCCCCCCCCCC)c2c(S(=O)(=O)[O-])cccc12.CCCCCCCCCCCCCCCCCCc1ccc(CCCCCCCCCCCCCCCCCC)c2c(S(=O)(=O)[O-])cccc12.[Ba+2]. The van der Waals surface area contributed by atoms with Crippen LogP contribution >= 0.6 is 0 Å². The maximum absolute atomic E-state index is 12.3. The Bertz CT molecular complexity index is 2570. The van der Waals surface area contributed by atoms with Crippen molar-refractivity contribution in [3.8, 4) is 0 Å². The molecular weight excluding hydrogens is 1400 g/mol. The van der Waals surface area contributed by atoms with Crippen molar-refractivity contribution in [2.24, 2.45) is 0 Å². The molecular formula is C92H158BaO6S2. The maximum atomic E-state index is 12.3. The van der Waals surface area contributed by atoms with Crippen molar-refractivity contribution in [2.45, 2.75) is 474 Å². The van der Waals surface area contributed by atoms with Crippen molar-refractivity contribution >= 4 is 90.7 Å². The molecule has 0 bridgehead atoms. The number of rotatable bonds is 70. The summed E-state index contributed by atoms with van der Waals surface area (Å²) in [6, 6.07) is 19.2. The number of aryl methyl sites for hydroxylation is 4. The van der Waals surface area contributed by atoms with Gasteiger partial charge in [0.15, 0.2) is 0 Å². The molecule has 4 rings (SSSR count). The van der Waals surface area contributed by atoms with Crippen LogP contribution in [0.1, 0.15) is 461 Å². The molecule has 6 nitrogen and oxygen atoms in total. The smallest absolute Gasteiger partial charge is 0.744 e. The molecule has 576 valence electrons. The van der Waals surface area contributed by atoms with Crippen LogP contribution in [0.25, 0.3) is 21.5 Å². The van der Waals surface area contributed by atoms with Gasteiger partial charge in [-0.25, -0.2) is 16.8 Å². The van der Waals surface area contributed by atoms with Crippen LogP contribution in [-0.4, -0.2) is 74.8 Å². The summed E-state index contributed by atoms with van der Waals surface area (Å²) < 4.78 is 73.8. The zero-order valence-corrected chi connectivity index (χ0v) is 72.9. The molecule has 0 radical (unpaired) electrons. The number of benzene rings is 4. The van der Waals surface area contributed by atoms with Crippen LogP contribution in [0.2, 0.25) is 0 Å². The molecule has 0 aliphatic heterocycles. The zero-order chi connectivity index (χ0) is 71.9. The molecule has 0 saturated carbocycles. The van der Waals surface area contributed by atoms with Crippen LogP contribution in [0.5, 0.6) is 0 Å². The Morgan fingerprint density at radius 1 is 0.208 bits per heavy atom. The Morgan fingerprint density at radius 3 is 0.525 bits per heavy atom. The van der Waals surface area contributed by atoms with Crippen LogP contribution in [-0.2, 0) is 45.9 Å². The van der Waals surface area contributed by atoms with Gasteiger partial charge in [-0.1, -0.05) is 461 Å². The van der Waals surface area contributed by atoms with Crippen molar-refractivity contribution in [3.05, 3.63) is 82.9 Å². The molecule has 0 N–H and O–H groups in total. The van der Waals surface area contributed by atoms with Gasteiger partial charge in [-0.05, 0) is 96.5 Å². The van der Waals surface area contributed by atoms with Crippen molar-refractivity contribution in [1.82, 2.24) is 0 Å². The van der Waals surface area contributed by atoms with Gasteiger partial charge in [0.2, 0.25) is 0 Å². The van der Waals surface area contributed by atoms with Gasteiger partial charge in [-0.15, -0.1) is 0 Å². The minimum absolute atomic E-state index is 0. The Labute approximate surface area is 667 Å². The molecule has 0 atom stereocenters. The fourth-order valence-electron chi connectivity index (χ4n) is 15.7.